The molecule has 3 nitrogen and oxygen atoms in total. The highest BCUT2D eigenvalue weighted by molar-refractivity contribution is 5.94. The molecule has 0 bridgehead atoms. The van der Waals surface area contributed by atoms with Gasteiger partial charge in [0.15, 0.2) is 0 Å². The van der Waals surface area contributed by atoms with Gasteiger partial charge in [0.2, 0.25) is 0 Å². The zero-order valence-electron chi connectivity index (χ0n) is 14.7. The number of hydrogen-bond acceptors (Lipinski definition) is 2. The normalized spacial score (nSPS) is 11.9. The number of alkyl halides is 3. The van der Waals surface area contributed by atoms with Crippen molar-refractivity contribution in [2.45, 2.75) is 13.1 Å². The molecule has 6 heteroatoms. The Balaban J connectivity index is 1.86. The van der Waals surface area contributed by atoms with Crippen LogP contribution in [-0.2, 0) is 13.2 Å². The van der Waals surface area contributed by atoms with E-state index in [4.69, 9.17) is 0 Å². The van der Waals surface area contributed by atoms with Crippen LogP contribution in [0.25, 0.3) is 33.5 Å². The predicted octanol–water partition coefficient (Wildman–Crippen LogP) is 5.63. The van der Waals surface area contributed by atoms with E-state index in [1.165, 1.54) is 18.5 Å². The molecule has 2 aromatic carbocycles. The summed E-state index contributed by atoms with van der Waals surface area (Å²) in [5, 5.41) is 0.862. The number of nitrogens with zero attached hydrogens (tertiary/aromatic N) is 3. The summed E-state index contributed by atoms with van der Waals surface area (Å²) in [7, 11) is 1.85. The Morgan fingerprint density at radius 2 is 1.63 bits per heavy atom. The highest BCUT2D eigenvalue weighted by atomic mass is 19.4. The molecule has 136 valence electrons. The Bertz CT molecular complexity index is 1130. The number of aromatic nitrogens is 3. The fourth-order valence-electron chi connectivity index (χ4n) is 3.26. The number of fused-ring (bicyclic) bond motifs is 1. The highest BCUT2D eigenvalue weighted by Gasteiger charge is 2.30. The van der Waals surface area contributed by atoms with Gasteiger partial charge in [-0.1, -0.05) is 35.9 Å². The van der Waals surface area contributed by atoms with E-state index >= 15 is 0 Å². The van der Waals surface area contributed by atoms with Crippen LogP contribution in [0.3, 0.4) is 0 Å². The Morgan fingerprint density at radius 1 is 0.889 bits per heavy atom. The van der Waals surface area contributed by atoms with Crippen molar-refractivity contribution in [1.82, 2.24) is 14.5 Å². The summed E-state index contributed by atoms with van der Waals surface area (Å²) in [6, 6.07) is 15.1. The maximum atomic E-state index is 12.8. The smallest absolute Gasteiger partial charge is 0.328 e. The lowest BCUT2D eigenvalue weighted by molar-refractivity contribution is -0.137. The Kier molecular flexibility index (Phi) is 3.98. The van der Waals surface area contributed by atoms with Gasteiger partial charge in [0.1, 0.15) is 12.0 Å². The van der Waals surface area contributed by atoms with Gasteiger partial charge in [-0.05, 0) is 36.8 Å². The summed E-state index contributed by atoms with van der Waals surface area (Å²) in [4.78, 5) is 8.80. The van der Waals surface area contributed by atoms with Crippen molar-refractivity contribution in [3.05, 3.63) is 72.1 Å². The standard InChI is InChI=1S/C21H16F3N3/c1-13-4-3-5-15(10-13)19-17-11-18(27(2)20(17)26-12-25-19)14-6-8-16(9-7-14)21(22,23)24/h3-12H,1-2H3. The van der Waals surface area contributed by atoms with Crippen molar-refractivity contribution in [2.75, 3.05) is 0 Å². The van der Waals surface area contributed by atoms with Gasteiger partial charge in [-0.15, -0.1) is 0 Å². The largest absolute Gasteiger partial charge is 0.416 e. The molecule has 0 radical (unpaired) electrons. The molecule has 0 aliphatic rings. The van der Waals surface area contributed by atoms with Crippen molar-refractivity contribution in [3.8, 4) is 22.5 Å². The van der Waals surface area contributed by atoms with Gasteiger partial charge >= 0.3 is 6.18 Å². The van der Waals surface area contributed by atoms with Crippen molar-refractivity contribution < 1.29 is 13.2 Å². The molecule has 2 aromatic heterocycles. The lowest BCUT2D eigenvalue weighted by Gasteiger charge is -2.08. The van der Waals surface area contributed by atoms with Gasteiger partial charge in [-0.3, -0.25) is 0 Å². The van der Waals surface area contributed by atoms with Crippen LogP contribution in [0.2, 0.25) is 0 Å². The van der Waals surface area contributed by atoms with Crippen LogP contribution in [-0.4, -0.2) is 14.5 Å². The summed E-state index contributed by atoms with van der Waals surface area (Å²) in [5.74, 6) is 0. The molecule has 0 saturated heterocycles. The average molecular weight is 367 g/mol. The second-order valence-corrected chi connectivity index (χ2v) is 6.49. The van der Waals surface area contributed by atoms with Crippen molar-refractivity contribution in [2.24, 2.45) is 7.05 Å². The van der Waals surface area contributed by atoms with Gasteiger partial charge in [0, 0.05) is 18.0 Å². The fraction of sp³-hybridized carbons (Fsp3) is 0.143. The number of aryl methyl sites for hydroxylation is 2. The lowest BCUT2D eigenvalue weighted by atomic mass is 10.1. The van der Waals surface area contributed by atoms with E-state index in [9.17, 15) is 13.2 Å². The quantitative estimate of drug-likeness (QED) is 0.460. The zero-order valence-corrected chi connectivity index (χ0v) is 14.7. The summed E-state index contributed by atoms with van der Waals surface area (Å²) in [5.41, 5.74) is 4.45. The molecule has 27 heavy (non-hydrogen) atoms. The molecule has 0 fully saturated rings. The highest BCUT2D eigenvalue weighted by Crippen LogP contribution is 2.34. The van der Waals surface area contributed by atoms with Gasteiger partial charge in [-0.2, -0.15) is 13.2 Å². The van der Waals surface area contributed by atoms with Gasteiger partial charge < -0.3 is 4.57 Å². The van der Waals surface area contributed by atoms with Gasteiger partial charge in [0.05, 0.1) is 17.0 Å². The van der Waals surface area contributed by atoms with Crippen molar-refractivity contribution >= 4 is 11.0 Å². The van der Waals surface area contributed by atoms with Crippen LogP contribution in [0.15, 0.2) is 60.9 Å². The minimum Gasteiger partial charge on any atom is -0.328 e. The lowest BCUT2D eigenvalue weighted by Crippen LogP contribution is -2.04. The second-order valence-electron chi connectivity index (χ2n) is 6.49. The third kappa shape index (κ3) is 3.07. The van der Waals surface area contributed by atoms with Crippen LogP contribution in [0, 0.1) is 6.92 Å². The van der Waals surface area contributed by atoms with E-state index in [0.29, 0.717) is 5.56 Å². The molecule has 0 spiro atoms. The molecule has 0 N–H and O–H groups in total. The monoisotopic (exact) mass is 367 g/mol. The molecular weight excluding hydrogens is 351 g/mol. The minimum absolute atomic E-state index is 0.662. The fourth-order valence-corrected chi connectivity index (χ4v) is 3.26. The van der Waals surface area contributed by atoms with E-state index in [0.717, 1.165) is 45.7 Å². The molecule has 0 amide bonds. The third-order valence-corrected chi connectivity index (χ3v) is 4.62. The summed E-state index contributed by atoms with van der Waals surface area (Å²) in [6.07, 6.45) is -2.84. The van der Waals surface area contributed by atoms with Crippen molar-refractivity contribution in [1.29, 1.82) is 0 Å². The number of halogens is 3. The van der Waals surface area contributed by atoms with E-state index in [1.54, 1.807) is 0 Å². The van der Waals surface area contributed by atoms with Crippen LogP contribution in [0.5, 0.6) is 0 Å². The summed E-state index contributed by atoms with van der Waals surface area (Å²) >= 11 is 0. The molecule has 4 rings (SSSR count). The number of benzene rings is 2. The zero-order chi connectivity index (χ0) is 19.2. The van der Waals surface area contributed by atoms with Crippen molar-refractivity contribution in [3.63, 3.8) is 0 Å². The Morgan fingerprint density at radius 3 is 2.30 bits per heavy atom. The van der Waals surface area contributed by atoms with Crippen LogP contribution in [0.1, 0.15) is 11.1 Å². The molecule has 0 unspecified atom stereocenters. The topological polar surface area (TPSA) is 30.7 Å². The van der Waals surface area contributed by atoms with E-state index in [2.05, 4.69) is 9.97 Å². The Hall–Kier alpha value is -3.15. The van der Waals surface area contributed by atoms with E-state index in [-0.39, 0.29) is 0 Å². The average Bonchev–Trinajstić information content (AvgIpc) is 2.98. The first-order valence-electron chi connectivity index (χ1n) is 8.40. The molecule has 0 aliphatic heterocycles. The summed E-state index contributed by atoms with van der Waals surface area (Å²) < 4.78 is 40.3. The van der Waals surface area contributed by atoms with Crippen LogP contribution < -0.4 is 0 Å². The van der Waals surface area contributed by atoms with E-state index < -0.39 is 11.7 Å². The summed E-state index contributed by atoms with van der Waals surface area (Å²) in [6.45, 7) is 2.01. The first-order chi connectivity index (χ1) is 12.8. The number of rotatable bonds is 2. The minimum atomic E-state index is -4.35. The van der Waals surface area contributed by atoms with Crippen LogP contribution >= 0.6 is 0 Å². The molecule has 0 aliphatic carbocycles. The maximum Gasteiger partial charge on any atom is 0.416 e. The Labute approximate surface area is 154 Å². The first kappa shape index (κ1) is 17.3. The third-order valence-electron chi connectivity index (χ3n) is 4.62. The van der Waals surface area contributed by atoms with Crippen LogP contribution in [0.4, 0.5) is 13.2 Å². The molecule has 4 aromatic rings. The SMILES string of the molecule is Cc1cccc(-c2ncnc3c2cc(-c2ccc(C(F)(F)F)cc2)n3C)c1. The van der Waals surface area contributed by atoms with E-state index in [1.807, 2.05) is 48.9 Å². The van der Waals surface area contributed by atoms with Gasteiger partial charge in [0.25, 0.3) is 0 Å². The maximum absolute atomic E-state index is 12.8. The molecule has 0 atom stereocenters. The first-order valence-corrected chi connectivity index (χ1v) is 8.40. The predicted molar refractivity (Wildman–Crippen MR) is 99.1 cm³/mol. The molecular formula is C21H16F3N3. The number of hydrogen-bond donors (Lipinski definition) is 0. The second kappa shape index (κ2) is 6.23. The molecule has 2 heterocycles. The van der Waals surface area contributed by atoms with Gasteiger partial charge in [-0.25, -0.2) is 9.97 Å². The molecule has 0 saturated carbocycles.